The molecular weight excluding hydrogens is 880 g/mol. The number of allylic oxidation sites excluding steroid dienone is 8. The molecule has 0 rings (SSSR count). The first-order chi connectivity index (χ1) is 33.2. The van der Waals surface area contributed by atoms with Crippen LogP contribution in [0.25, 0.3) is 0 Å². The van der Waals surface area contributed by atoms with E-state index >= 15 is 0 Å². The van der Waals surface area contributed by atoms with Crippen LogP contribution in [0, 0.1) is 0 Å². The lowest BCUT2D eigenvalue weighted by atomic mass is 10.1. The van der Waals surface area contributed by atoms with Gasteiger partial charge >= 0.3 is 25.7 Å². The molecule has 0 aromatic rings. The fourth-order valence-corrected chi connectivity index (χ4v) is 8.33. The van der Waals surface area contributed by atoms with Crippen molar-refractivity contribution in [3.05, 3.63) is 48.6 Å². The molecule has 3 atom stereocenters. The van der Waals surface area contributed by atoms with E-state index in [0.29, 0.717) is 19.3 Å². The predicted molar refractivity (Wildman–Crippen MR) is 279 cm³/mol. The van der Waals surface area contributed by atoms with Gasteiger partial charge in [-0.3, -0.25) is 23.4 Å². The van der Waals surface area contributed by atoms with Gasteiger partial charge in [-0.2, -0.15) is 0 Å². The molecule has 0 saturated heterocycles. The third-order valence-electron chi connectivity index (χ3n) is 11.7. The fourth-order valence-electron chi connectivity index (χ4n) is 7.54. The van der Waals surface area contributed by atoms with Gasteiger partial charge in [0.05, 0.1) is 19.8 Å². The highest BCUT2D eigenvalue weighted by Crippen LogP contribution is 2.43. The normalized spacial score (nSPS) is 13.8. The Balaban J connectivity index is 4.74. The van der Waals surface area contributed by atoms with Crippen molar-refractivity contribution < 1.29 is 52.2 Å². The molecule has 2 N–H and O–H groups in total. The molecule has 0 saturated carbocycles. The fraction of sp³-hybridized carbons (Fsp3) is 0.804. The highest BCUT2D eigenvalue weighted by Gasteiger charge is 2.28. The van der Waals surface area contributed by atoms with Crippen LogP contribution in [0.5, 0.6) is 0 Å². The number of phosphoric acid groups is 1. The second-order valence-electron chi connectivity index (χ2n) is 18.4. The molecule has 0 amide bonds. The van der Waals surface area contributed by atoms with Gasteiger partial charge < -0.3 is 24.2 Å². The molecule has 0 aromatic heterocycles. The summed E-state index contributed by atoms with van der Waals surface area (Å²) in [5.41, 5.74) is 0. The molecule has 0 bridgehead atoms. The average molecular weight is 981 g/mol. The Morgan fingerprint density at radius 3 is 1.21 bits per heavy atom. The minimum atomic E-state index is -4.75. The summed E-state index contributed by atoms with van der Waals surface area (Å²) >= 11 is 0. The molecule has 0 aliphatic heterocycles. The van der Waals surface area contributed by atoms with Crippen molar-refractivity contribution in [2.24, 2.45) is 0 Å². The first kappa shape index (κ1) is 65.4. The zero-order valence-corrected chi connectivity index (χ0v) is 44.5. The molecule has 0 spiro atoms. The number of hydrogen-bond donors (Lipinski definition) is 2. The van der Waals surface area contributed by atoms with Crippen LogP contribution in [0.15, 0.2) is 48.6 Å². The minimum absolute atomic E-state index is 0.133. The van der Waals surface area contributed by atoms with E-state index in [9.17, 15) is 28.9 Å². The Morgan fingerprint density at radius 2 is 0.765 bits per heavy atom. The Kier molecular flexibility index (Phi) is 48.9. The van der Waals surface area contributed by atoms with Crippen molar-refractivity contribution in [1.82, 2.24) is 0 Å². The van der Waals surface area contributed by atoms with Gasteiger partial charge in [-0.1, -0.05) is 204 Å². The largest absolute Gasteiger partial charge is 0.472 e. The van der Waals surface area contributed by atoms with E-state index in [2.05, 4.69) is 69.4 Å². The number of carbonyl (C=O) groups excluding carboxylic acids is 3. The number of carbonyl (C=O) groups is 3. The summed E-state index contributed by atoms with van der Waals surface area (Å²) in [4.78, 5) is 48.4. The lowest BCUT2D eigenvalue weighted by molar-refractivity contribution is -0.161. The van der Waals surface area contributed by atoms with Crippen molar-refractivity contribution in [2.45, 2.75) is 264 Å². The molecular formula is C56H101O11P. The monoisotopic (exact) mass is 981 g/mol. The molecule has 0 heterocycles. The van der Waals surface area contributed by atoms with Gasteiger partial charge in [-0.05, 0) is 77.0 Å². The van der Waals surface area contributed by atoms with Gasteiger partial charge in [0.2, 0.25) is 0 Å². The topological polar surface area (TPSA) is 155 Å². The number of hydrogen-bond acceptors (Lipinski definition) is 10. The molecule has 0 aromatic carbocycles. The van der Waals surface area contributed by atoms with E-state index in [1.165, 1.54) is 109 Å². The molecule has 11 nitrogen and oxygen atoms in total. The van der Waals surface area contributed by atoms with Crippen LogP contribution in [0.3, 0.4) is 0 Å². The van der Waals surface area contributed by atoms with Gasteiger partial charge in [0.1, 0.15) is 12.7 Å². The molecule has 3 unspecified atom stereocenters. The number of aliphatic hydroxyl groups is 1. The highest BCUT2D eigenvalue weighted by molar-refractivity contribution is 7.47. The van der Waals surface area contributed by atoms with E-state index in [-0.39, 0.29) is 25.9 Å². The maximum atomic E-state index is 12.9. The third kappa shape index (κ3) is 48.5. The number of aliphatic hydroxyl groups excluding tert-OH is 1. The summed E-state index contributed by atoms with van der Waals surface area (Å²) in [6.07, 6.45) is 52.2. The number of rotatable bonds is 51. The summed E-state index contributed by atoms with van der Waals surface area (Å²) in [5, 5.41) is 9.77. The van der Waals surface area contributed by atoms with Gasteiger partial charge in [0, 0.05) is 19.3 Å². The summed E-state index contributed by atoms with van der Waals surface area (Å²) in [7, 11) is -4.75. The molecule has 0 radical (unpaired) electrons. The van der Waals surface area contributed by atoms with Gasteiger partial charge in [-0.25, -0.2) is 4.57 Å². The summed E-state index contributed by atoms with van der Waals surface area (Å²) in [6.45, 7) is 4.49. The Morgan fingerprint density at radius 1 is 0.426 bits per heavy atom. The van der Waals surface area contributed by atoms with Gasteiger partial charge in [-0.15, -0.1) is 0 Å². The zero-order chi connectivity index (χ0) is 49.9. The summed E-state index contributed by atoms with van der Waals surface area (Å²) < 4.78 is 39.4. The quantitative estimate of drug-likeness (QED) is 0.0197. The second kappa shape index (κ2) is 50.8. The van der Waals surface area contributed by atoms with Crippen molar-refractivity contribution in [3.63, 3.8) is 0 Å². The minimum Gasteiger partial charge on any atom is -0.462 e. The van der Waals surface area contributed by atoms with E-state index < -0.39 is 57.8 Å². The van der Waals surface area contributed by atoms with Crippen LogP contribution in [0.4, 0.5) is 0 Å². The lowest BCUT2D eigenvalue weighted by Crippen LogP contribution is -2.30. The lowest BCUT2D eigenvalue weighted by Gasteiger charge is -2.21. The molecule has 0 fully saturated rings. The maximum Gasteiger partial charge on any atom is 0.472 e. The number of phosphoric ester groups is 1. The SMILES string of the molecule is CC/C=C\C/C=C\C/C=C\CCCCCC(=O)OC(COC(=O)CCCCCCCCC/C=C\CCCCCCCC)COP(=O)(O)OCC(CO)OC(=O)CCCCCCCCCCCCC. The van der Waals surface area contributed by atoms with E-state index in [1.807, 2.05) is 0 Å². The van der Waals surface area contributed by atoms with Crippen LogP contribution in [-0.2, 0) is 42.2 Å². The molecule has 68 heavy (non-hydrogen) atoms. The maximum absolute atomic E-state index is 12.9. The van der Waals surface area contributed by atoms with Crippen LogP contribution < -0.4 is 0 Å². The molecule has 0 aliphatic carbocycles. The van der Waals surface area contributed by atoms with Crippen LogP contribution in [0.2, 0.25) is 0 Å². The smallest absolute Gasteiger partial charge is 0.462 e. The highest BCUT2D eigenvalue weighted by atomic mass is 31.2. The molecule has 0 aliphatic rings. The average Bonchev–Trinajstić information content (AvgIpc) is 3.32. The Labute approximate surface area is 415 Å². The first-order valence-corrected chi connectivity index (χ1v) is 29.0. The van der Waals surface area contributed by atoms with E-state index in [0.717, 1.165) is 83.5 Å². The second-order valence-corrected chi connectivity index (χ2v) is 19.8. The summed E-state index contributed by atoms with van der Waals surface area (Å²) in [6, 6.07) is 0. The van der Waals surface area contributed by atoms with E-state index in [4.69, 9.17) is 23.3 Å². The van der Waals surface area contributed by atoms with Crippen LogP contribution in [0.1, 0.15) is 252 Å². The molecule has 12 heteroatoms. The van der Waals surface area contributed by atoms with E-state index in [1.54, 1.807) is 0 Å². The van der Waals surface area contributed by atoms with Crippen molar-refractivity contribution >= 4 is 25.7 Å². The Bertz CT molecular complexity index is 1330. The molecule has 396 valence electrons. The first-order valence-electron chi connectivity index (χ1n) is 27.5. The van der Waals surface area contributed by atoms with Crippen molar-refractivity contribution in [1.29, 1.82) is 0 Å². The van der Waals surface area contributed by atoms with Crippen LogP contribution >= 0.6 is 7.82 Å². The predicted octanol–water partition coefficient (Wildman–Crippen LogP) is 15.8. The van der Waals surface area contributed by atoms with Gasteiger partial charge in [0.25, 0.3) is 0 Å². The van der Waals surface area contributed by atoms with Crippen molar-refractivity contribution in [2.75, 3.05) is 26.4 Å². The Hall–Kier alpha value is -2.56. The van der Waals surface area contributed by atoms with Crippen molar-refractivity contribution in [3.8, 4) is 0 Å². The third-order valence-corrected chi connectivity index (χ3v) is 12.7. The zero-order valence-electron chi connectivity index (χ0n) is 43.6. The van der Waals surface area contributed by atoms with Crippen LogP contribution in [-0.4, -0.2) is 66.5 Å². The standard InChI is InChI=1S/C56H101O11P/c1-4-7-10-13-16-19-22-24-25-26-27-29-31-33-36-39-42-45-54(58)63-49-53(67-56(60)47-44-41-38-35-32-28-23-20-17-14-11-8-5-2)51-65-68(61,62)64-50-52(48-57)66-55(59)46-43-40-37-34-30-21-18-15-12-9-6-3/h8,11,17,20,24-25,28,32,52-53,57H,4-7,9-10,12-16,18-19,21-23,26-27,29-31,33-51H2,1-3H3,(H,61,62)/b11-8-,20-17-,25-24-,32-28-. The van der Waals surface area contributed by atoms with Gasteiger partial charge in [0.15, 0.2) is 6.10 Å². The number of ether oxygens (including phenoxy) is 3. The number of unbranched alkanes of at least 4 members (excludes halogenated alkanes) is 26. The summed E-state index contributed by atoms with van der Waals surface area (Å²) in [5.74, 6) is -1.50. The number of esters is 3.